The number of aliphatic carboxylic acids is 1. The number of thiophene rings is 1. The number of fused-ring (bicyclic) bond motifs is 2. The van der Waals surface area contributed by atoms with Gasteiger partial charge in [0.25, 0.3) is 5.56 Å². The predicted molar refractivity (Wildman–Crippen MR) is 161 cm³/mol. The van der Waals surface area contributed by atoms with Gasteiger partial charge in [0.1, 0.15) is 28.5 Å². The van der Waals surface area contributed by atoms with Gasteiger partial charge < -0.3 is 29.2 Å². The van der Waals surface area contributed by atoms with Crippen LogP contribution in [0.3, 0.4) is 0 Å². The molecule has 13 heteroatoms. The molecule has 3 N–H and O–H groups in total. The highest BCUT2D eigenvalue weighted by Crippen LogP contribution is 2.47. The largest absolute Gasteiger partial charge is 0.496 e. The van der Waals surface area contributed by atoms with Crippen molar-refractivity contribution in [3.05, 3.63) is 68.7 Å². The van der Waals surface area contributed by atoms with E-state index in [0.29, 0.717) is 45.8 Å². The van der Waals surface area contributed by atoms with E-state index in [2.05, 4.69) is 4.98 Å². The van der Waals surface area contributed by atoms with Crippen molar-refractivity contribution in [2.24, 2.45) is 11.8 Å². The average Bonchev–Trinajstić information content (AvgIpc) is 3.77. The smallest absolute Gasteiger partial charge is 0.333 e. The molecule has 3 unspecified atom stereocenters. The van der Waals surface area contributed by atoms with Crippen LogP contribution in [0.25, 0.3) is 21.0 Å². The number of nitrogens with zero attached hydrogens (tertiary/aromatic N) is 3. The normalized spacial score (nSPS) is 24.1. The molecule has 3 aromatic heterocycles. The molecule has 2 aliphatic rings. The maximum Gasteiger partial charge on any atom is 0.333 e. The van der Waals surface area contributed by atoms with Crippen LogP contribution in [0.15, 0.2) is 50.7 Å². The van der Waals surface area contributed by atoms with Crippen LogP contribution >= 0.6 is 11.3 Å². The van der Waals surface area contributed by atoms with Crippen LogP contribution < -0.4 is 16.0 Å². The number of hydrogen-bond acceptors (Lipinski definition) is 10. The maximum absolute atomic E-state index is 14.2. The Morgan fingerprint density at radius 1 is 1.20 bits per heavy atom. The SMILES string of the molecule is COc1ccccc1C(Cn1c(=O)n(C(C)(C)C(=O)O)c(=O)c2c(C)c(-c3ncco3)sc21)O[C@H]1C[C@H]2CC(O)C(O)[C@H]2C1. The van der Waals surface area contributed by atoms with Gasteiger partial charge in [-0.1, -0.05) is 18.2 Å². The maximum atomic E-state index is 14.2. The number of aliphatic hydroxyl groups excluding tert-OH is 2. The number of benzene rings is 1. The monoisotopic (exact) mass is 625 g/mol. The minimum Gasteiger partial charge on any atom is -0.496 e. The number of carboxylic acids is 1. The van der Waals surface area contributed by atoms with Crippen molar-refractivity contribution in [3.63, 3.8) is 0 Å². The Kier molecular flexibility index (Phi) is 7.77. The van der Waals surface area contributed by atoms with E-state index in [1.54, 1.807) is 20.1 Å². The molecule has 0 radical (unpaired) electrons. The molecule has 0 spiro atoms. The molecule has 4 aromatic rings. The highest BCUT2D eigenvalue weighted by Gasteiger charge is 2.48. The van der Waals surface area contributed by atoms with Gasteiger partial charge in [-0.05, 0) is 63.5 Å². The van der Waals surface area contributed by atoms with Crippen LogP contribution in [0.2, 0.25) is 0 Å². The zero-order valence-electron chi connectivity index (χ0n) is 24.8. The van der Waals surface area contributed by atoms with Crippen molar-refractivity contribution >= 4 is 27.5 Å². The van der Waals surface area contributed by atoms with Crippen LogP contribution in [0.5, 0.6) is 5.75 Å². The molecule has 2 fully saturated rings. The third-order valence-electron chi connectivity index (χ3n) is 9.20. The number of methoxy groups -OCH3 is 1. The Morgan fingerprint density at radius 2 is 1.95 bits per heavy atom. The first kappa shape index (κ1) is 30.3. The summed E-state index contributed by atoms with van der Waals surface area (Å²) in [6.45, 7) is 4.29. The molecule has 0 amide bonds. The summed E-state index contributed by atoms with van der Waals surface area (Å²) >= 11 is 1.17. The van der Waals surface area contributed by atoms with E-state index >= 15 is 0 Å². The Hall–Kier alpha value is -3.78. The van der Waals surface area contributed by atoms with Crippen molar-refractivity contribution in [2.75, 3.05) is 7.11 Å². The summed E-state index contributed by atoms with van der Waals surface area (Å²) in [4.78, 5) is 45.6. The second-order valence-corrected chi connectivity index (χ2v) is 13.1. The van der Waals surface area contributed by atoms with Gasteiger partial charge in [-0.2, -0.15) is 0 Å². The molecular formula is C31H35N3O9S. The van der Waals surface area contributed by atoms with E-state index in [-0.39, 0.29) is 35.8 Å². The lowest BCUT2D eigenvalue weighted by Crippen LogP contribution is -2.52. The molecule has 44 heavy (non-hydrogen) atoms. The van der Waals surface area contributed by atoms with Crippen LogP contribution in [0.1, 0.15) is 50.3 Å². The number of para-hydroxylation sites is 1. The van der Waals surface area contributed by atoms with Gasteiger partial charge in [0.05, 0.1) is 48.4 Å². The number of aliphatic hydroxyl groups is 2. The molecule has 0 saturated heterocycles. The molecule has 0 aliphatic heterocycles. The van der Waals surface area contributed by atoms with Crippen molar-refractivity contribution in [1.82, 2.24) is 14.1 Å². The molecule has 12 nitrogen and oxygen atoms in total. The number of oxazole rings is 1. The van der Waals surface area contributed by atoms with Crippen LogP contribution in [0, 0.1) is 18.8 Å². The summed E-state index contributed by atoms with van der Waals surface area (Å²) in [7, 11) is 1.54. The predicted octanol–water partition coefficient (Wildman–Crippen LogP) is 3.29. The zero-order valence-corrected chi connectivity index (χ0v) is 25.6. The molecule has 2 aliphatic carbocycles. The summed E-state index contributed by atoms with van der Waals surface area (Å²) in [6.07, 6.45) is 1.98. The molecule has 2 saturated carbocycles. The number of aryl methyl sites for hydroxylation is 1. The molecule has 1 aromatic carbocycles. The summed E-state index contributed by atoms with van der Waals surface area (Å²) in [5, 5.41) is 31.0. The first-order valence-corrected chi connectivity index (χ1v) is 15.3. The average molecular weight is 626 g/mol. The highest BCUT2D eigenvalue weighted by molar-refractivity contribution is 7.22. The number of carboxylic acid groups (broad SMARTS) is 1. The molecule has 6 atom stereocenters. The molecule has 6 rings (SSSR count). The van der Waals surface area contributed by atoms with E-state index in [1.165, 1.54) is 42.2 Å². The van der Waals surface area contributed by atoms with E-state index < -0.39 is 41.1 Å². The Labute approximate surface area is 256 Å². The molecule has 3 heterocycles. The van der Waals surface area contributed by atoms with Crippen molar-refractivity contribution in [3.8, 4) is 16.5 Å². The van der Waals surface area contributed by atoms with Gasteiger partial charge in [-0.15, -0.1) is 11.3 Å². The van der Waals surface area contributed by atoms with Crippen LogP contribution in [-0.4, -0.2) is 60.8 Å². The topological polar surface area (TPSA) is 166 Å². The van der Waals surface area contributed by atoms with Crippen LogP contribution in [-0.2, 0) is 21.6 Å². The highest BCUT2D eigenvalue weighted by atomic mass is 32.1. The van der Waals surface area contributed by atoms with Gasteiger partial charge in [-0.25, -0.2) is 19.1 Å². The first-order chi connectivity index (χ1) is 20.9. The summed E-state index contributed by atoms with van der Waals surface area (Å²) in [5.74, 6) is -0.498. The standard InChI is InChI=1S/C31H35N3O9S/c1-15-23-27(37)34(31(2,3)29(38)39)30(40)33(28(23)44-25(15)26-32-9-10-42-26)14-22(18-7-5-6-8-21(18)41-4)43-17-11-16-12-20(35)24(36)19(16)13-17/h5-10,16-17,19-20,22,24,35-36H,11-14H2,1-4H3,(H,38,39)/t16-,17-,19-,20?,22?,24?/m0/s1. The van der Waals surface area contributed by atoms with E-state index in [1.807, 2.05) is 18.2 Å². The number of ether oxygens (including phenoxy) is 2. The van der Waals surface area contributed by atoms with Gasteiger partial charge in [-0.3, -0.25) is 9.36 Å². The lowest BCUT2D eigenvalue weighted by molar-refractivity contribution is -0.146. The zero-order chi connectivity index (χ0) is 31.5. The summed E-state index contributed by atoms with van der Waals surface area (Å²) < 4.78 is 20.1. The minimum absolute atomic E-state index is 0.0618. The number of rotatable bonds is 9. The van der Waals surface area contributed by atoms with E-state index in [9.17, 15) is 29.7 Å². The third-order valence-corrected chi connectivity index (χ3v) is 10.5. The van der Waals surface area contributed by atoms with Gasteiger partial charge in [0.15, 0.2) is 0 Å². The number of aromatic nitrogens is 3. The fourth-order valence-electron chi connectivity index (χ4n) is 6.82. The van der Waals surface area contributed by atoms with Crippen LogP contribution in [0.4, 0.5) is 0 Å². The quantitative estimate of drug-likeness (QED) is 0.251. The number of carbonyl (C=O) groups is 1. The van der Waals surface area contributed by atoms with Crippen molar-refractivity contribution < 1.29 is 34.0 Å². The molecule has 0 bridgehead atoms. The second-order valence-electron chi connectivity index (χ2n) is 12.1. The number of hydrogen-bond donors (Lipinski definition) is 3. The summed E-state index contributed by atoms with van der Waals surface area (Å²) in [6, 6.07) is 7.29. The minimum atomic E-state index is -1.86. The molecular weight excluding hydrogens is 590 g/mol. The van der Waals surface area contributed by atoms with Gasteiger partial charge in [0.2, 0.25) is 5.89 Å². The van der Waals surface area contributed by atoms with E-state index in [0.717, 1.165) is 4.57 Å². The summed E-state index contributed by atoms with van der Waals surface area (Å²) in [5.41, 5.74) is -2.18. The molecule has 234 valence electrons. The second kappa shape index (κ2) is 11.3. The van der Waals surface area contributed by atoms with E-state index in [4.69, 9.17) is 13.9 Å². The third kappa shape index (κ3) is 4.87. The van der Waals surface area contributed by atoms with Crippen molar-refractivity contribution in [2.45, 2.75) is 76.5 Å². The lowest BCUT2D eigenvalue weighted by Gasteiger charge is -2.28. The van der Waals surface area contributed by atoms with Crippen molar-refractivity contribution in [1.29, 1.82) is 0 Å². The Balaban J connectivity index is 1.52. The Bertz CT molecular complexity index is 1820. The first-order valence-electron chi connectivity index (χ1n) is 14.5. The lowest BCUT2D eigenvalue weighted by atomic mass is 9.99. The Morgan fingerprint density at radius 3 is 2.61 bits per heavy atom. The fraction of sp³-hybridized carbons (Fsp3) is 0.484. The fourth-order valence-corrected chi connectivity index (χ4v) is 8.06. The van der Waals surface area contributed by atoms with Gasteiger partial charge >= 0.3 is 11.7 Å². The van der Waals surface area contributed by atoms with Gasteiger partial charge in [0, 0.05) is 5.56 Å².